The van der Waals surface area contributed by atoms with Crippen LogP contribution in [0.4, 0.5) is 4.79 Å². The fourth-order valence-electron chi connectivity index (χ4n) is 1.65. The highest BCUT2D eigenvalue weighted by atomic mass is 32.1. The standard InChI is InChI=1S/C13H21N3O3S/c1-9(3-4-12(17)18)5-6-14-13(19)15-7-11-16-10(2)8-20-11/h8-9H,3-7H2,1-2H3,(H,17,18)(H2,14,15,19). The lowest BCUT2D eigenvalue weighted by Crippen LogP contribution is -2.36. The number of amides is 2. The van der Waals surface area contributed by atoms with E-state index in [0.717, 1.165) is 17.1 Å². The molecule has 1 aromatic rings. The molecule has 0 fully saturated rings. The zero-order valence-corrected chi connectivity index (χ0v) is 12.6. The Bertz CT molecular complexity index is 448. The van der Waals surface area contributed by atoms with Gasteiger partial charge >= 0.3 is 12.0 Å². The van der Waals surface area contributed by atoms with Gasteiger partial charge in [0, 0.05) is 24.0 Å². The van der Waals surface area contributed by atoms with Gasteiger partial charge in [-0.2, -0.15) is 0 Å². The monoisotopic (exact) mass is 299 g/mol. The molecule has 0 radical (unpaired) electrons. The number of nitrogens with one attached hydrogen (secondary N) is 2. The lowest BCUT2D eigenvalue weighted by molar-refractivity contribution is -0.137. The van der Waals surface area contributed by atoms with Crippen LogP contribution in [0, 0.1) is 12.8 Å². The van der Waals surface area contributed by atoms with Crippen LogP contribution >= 0.6 is 11.3 Å². The molecule has 0 aliphatic carbocycles. The molecule has 0 saturated carbocycles. The maximum Gasteiger partial charge on any atom is 0.315 e. The van der Waals surface area contributed by atoms with Crippen molar-refractivity contribution < 1.29 is 14.7 Å². The van der Waals surface area contributed by atoms with E-state index in [1.54, 1.807) is 0 Å². The number of urea groups is 1. The van der Waals surface area contributed by atoms with Crippen molar-refractivity contribution in [3.8, 4) is 0 Å². The minimum atomic E-state index is -0.777. The first-order valence-corrected chi connectivity index (χ1v) is 7.50. The van der Waals surface area contributed by atoms with Gasteiger partial charge in [0.15, 0.2) is 0 Å². The van der Waals surface area contributed by atoms with E-state index in [0.29, 0.717) is 19.5 Å². The van der Waals surface area contributed by atoms with Gasteiger partial charge in [-0.1, -0.05) is 6.92 Å². The fraction of sp³-hybridized carbons (Fsp3) is 0.615. The molecule has 0 aliphatic rings. The predicted molar refractivity (Wildman–Crippen MR) is 77.7 cm³/mol. The van der Waals surface area contributed by atoms with Gasteiger partial charge in [0.05, 0.1) is 6.54 Å². The summed E-state index contributed by atoms with van der Waals surface area (Å²) < 4.78 is 0. The van der Waals surface area contributed by atoms with Gasteiger partial charge in [-0.3, -0.25) is 4.79 Å². The number of carbonyl (C=O) groups is 2. The molecule has 112 valence electrons. The summed E-state index contributed by atoms with van der Waals surface area (Å²) in [5.41, 5.74) is 0.958. The Morgan fingerprint density at radius 1 is 1.40 bits per heavy atom. The summed E-state index contributed by atoms with van der Waals surface area (Å²) in [7, 11) is 0. The van der Waals surface area contributed by atoms with Gasteiger partial charge in [0.25, 0.3) is 0 Å². The third-order valence-electron chi connectivity index (χ3n) is 2.84. The molecule has 7 heteroatoms. The SMILES string of the molecule is Cc1csc(CNC(=O)NCCC(C)CCC(=O)O)n1. The van der Waals surface area contributed by atoms with Crippen molar-refractivity contribution in [1.29, 1.82) is 0 Å². The van der Waals surface area contributed by atoms with Crippen molar-refractivity contribution in [2.45, 2.75) is 39.7 Å². The molecule has 1 rings (SSSR count). The zero-order chi connectivity index (χ0) is 15.0. The normalized spacial score (nSPS) is 11.9. The Balaban J connectivity index is 2.09. The number of carboxylic acid groups (broad SMARTS) is 1. The third-order valence-corrected chi connectivity index (χ3v) is 3.81. The summed E-state index contributed by atoms with van der Waals surface area (Å²) in [4.78, 5) is 26.2. The highest BCUT2D eigenvalue weighted by Crippen LogP contribution is 2.09. The summed E-state index contributed by atoms with van der Waals surface area (Å²) in [6, 6.07) is -0.219. The highest BCUT2D eigenvalue weighted by molar-refractivity contribution is 7.09. The quantitative estimate of drug-likeness (QED) is 0.686. The number of aliphatic carboxylic acids is 1. The minimum absolute atomic E-state index is 0.177. The molecule has 20 heavy (non-hydrogen) atoms. The molecule has 1 heterocycles. The largest absolute Gasteiger partial charge is 0.481 e. The summed E-state index contributed by atoms with van der Waals surface area (Å²) in [6.45, 7) is 4.88. The van der Waals surface area contributed by atoms with Crippen LogP contribution in [0.25, 0.3) is 0 Å². The van der Waals surface area contributed by atoms with Crippen molar-refractivity contribution in [2.24, 2.45) is 5.92 Å². The van der Waals surface area contributed by atoms with Crippen LogP contribution in [0.1, 0.15) is 36.9 Å². The molecule has 2 amide bonds. The summed E-state index contributed by atoms with van der Waals surface area (Å²) in [5, 5.41) is 16.9. The second kappa shape index (κ2) is 8.52. The second-order valence-electron chi connectivity index (χ2n) is 4.82. The van der Waals surface area contributed by atoms with Crippen LogP contribution in [0.2, 0.25) is 0 Å². The molecule has 6 nitrogen and oxygen atoms in total. The first-order chi connectivity index (χ1) is 9.47. The van der Waals surface area contributed by atoms with Crippen molar-refractivity contribution >= 4 is 23.3 Å². The smallest absolute Gasteiger partial charge is 0.315 e. The van der Waals surface area contributed by atoms with Gasteiger partial charge < -0.3 is 15.7 Å². The third kappa shape index (κ3) is 7.08. The van der Waals surface area contributed by atoms with Crippen LogP contribution in [0.5, 0.6) is 0 Å². The Hall–Kier alpha value is -1.63. The van der Waals surface area contributed by atoms with Crippen LogP contribution < -0.4 is 10.6 Å². The molecule has 0 saturated heterocycles. The minimum Gasteiger partial charge on any atom is -0.481 e. The average molecular weight is 299 g/mol. The van der Waals surface area contributed by atoms with Gasteiger partial charge in [-0.05, 0) is 25.7 Å². The molecular weight excluding hydrogens is 278 g/mol. The van der Waals surface area contributed by atoms with Gasteiger partial charge in [0.2, 0.25) is 0 Å². The number of aryl methyl sites for hydroxylation is 1. The average Bonchev–Trinajstić information content (AvgIpc) is 2.80. The summed E-state index contributed by atoms with van der Waals surface area (Å²) >= 11 is 1.52. The van der Waals surface area contributed by atoms with Crippen LogP contribution in [0.15, 0.2) is 5.38 Å². The number of thiazole rings is 1. The molecular formula is C13H21N3O3S. The number of rotatable bonds is 8. The van der Waals surface area contributed by atoms with E-state index in [2.05, 4.69) is 15.6 Å². The van der Waals surface area contributed by atoms with Crippen molar-refractivity contribution in [3.63, 3.8) is 0 Å². The Kier molecular flexibility index (Phi) is 7.00. The molecule has 0 bridgehead atoms. The van der Waals surface area contributed by atoms with Crippen molar-refractivity contribution in [3.05, 3.63) is 16.1 Å². The number of hydrogen-bond donors (Lipinski definition) is 3. The van der Waals surface area contributed by atoms with E-state index in [4.69, 9.17) is 5.11 Å². The number of aromatic nitrogens is 1. The van der Waals surface area contributed by atoms with Gasteiger partial charge in [-0.15, -0.1) is 11.3 Å². The second-order valence-corrected chi connectivity index (χ2v) is 5.76. The maximum atomic E-state index is 11.5. The Labute approximate surface area is 122 Å². The summed E-state index contributed by atoms with van der Waals surface area (Å²) in [5.74, 6) is -0.491. The first kappa shape index (κ1) is 16.4. The number of nitrogens with zero attached hydrogens (tertiary/aromatic N) is 1. The van der Waals surface area contributed by atoms with Gasteiger partial charge in [0.1, 0.15) is 5.01 Å². The van der Waals surface area contributed by atoms with E-state index in [1.165, 1.54) is 11.3 Å². The summed E-state index contributed by atoms with van der Waals surface area (Å²) in [6.07, 6.45) is 1.59. The number of hydrogen-bond acceptors (Lipinski definition) is 4. The molecule has 1 atom stereocenters. The number of carbonyl (C=O) groups excluding carboxylic acids is 1. The fourth-order valence-corrected chi connectivity index (χ4v) is 2.36. The van der Waals surface area contributed by atoms with Crippen LogP contribution in [-0.2, 0) is 11.3 Å². The molecule has 1 unspecified atom stereocenters. The topological polar surface area (TPSA) is 91.3 Å². The van der Waals surface area contributed by atoms with E-state index in [1.807, 2.05) is 19.2 Å². The van der Waals surface area contributed by atoms with E-state index < -0.39 is 5.97 Å². The molecule has 0 aromatic carbocycles. The molecule has 3 N–H and O–H groups in total. The van der Waals surface area contributed by atoms with E-state index in [9.17, 15) is 9.59 Å². The van der Waals surface area contributed by atoms with E-state index >= 15 is 0 Å². The molecule has 1 aromatic heterocycles. The lowest BCUT2D eigenvalue weighted by Gasteiger charge is -2.11. The van der Waals surface area contributed by atoms with E-state index in [-0.39, 0.29) is 18.4 Å². The Morgan fingerprint density at radius 3 is 2.75 bits per heavy atom. The molecule has 0 spiro atoms. The zero-order valence-electron chi connectivity index (χ0n) is 11.8. The maximum absolute atomic E-state index is 11.5. The molecule has 0 aliphatic heterocycles. The van der Waals surface area contributed by atoms with Crippen LogP contribution in [0.3, 0.4) is 0 Å². The predicted octanol–water partition coefficient (Wildman–Crippen LogP) is 2.14. The number of carboxylic acids is 1. The van der Waals surface area contributed by atoms with Crippen molar-refractivity contribution in [2.75, 3.05) is 6.54 Å². The highest BCUT2D eigenvalue weighted by Gasteiger charge is 2.07. The van der Waals surface area contributed by atoms with Crippen molar-refractivity contribution in [1.82, 2.24) is 15.6 Å². The Morgan fingerprint density at radius 2 is 2.15 bits per heavy atom. The van der Waals surface area contributed by atoms with Gasteiger partial charge in [-0.25, -0.2) is 9.78 Å². The lowest BCUT2D eigenvalue weighted by atomic mass is 10.0. The first-order valence-electron chi connectivity index (χ1n) is 6.62. The van der Waals surface area contributed by atoms with Crippen LogP contribution in [-0.4, -0.2) is 28.6 Å².